The molecule has 0 bridgehead atoms. The van der Waals surface area contributed by atoms with Crippen molar-refractivity contribution in [1.82, 2.24) is 10.6 Å². The number of benzene rings is 3. The molecule has 0 heterocycles. The van der Waals surface area contributed by atoms with E-state index in [9.17, 15) is 22.8 Å². The van der Waals surface area contributed by atoms with Crippen molar-refractivity contribution in [2.75, 3.05) is 0 Å². The van der Waals surface area contributed by atoms with E-state index in [-0.39, 0.29) is 24.3 Å². The van der Waals surface area contributed by atoms with Crippen LogP contribution in [-0.4, -0.2) is 35.0 Å². The molecule has 1 atom stereocenters. The number of nitrogens with zero attached hydrogens (tertiary/aromatic N) is 1. The molecule has 0 spiro atoms. The van der Waals surface area contributed by atoms with E-state index >= 15 is 0 Å². The first-order valence-electron chi connectivity index (χ1n) is 13.9. The number of aliphatic carboxylic acids is 1. The molecule has 0 fully saturated rings. The van der Waals surface area contributed by atoms with Crippen LogP contribution in [0.25, 0.3) is 0 Å². The summed E-state index contributed by atoms with van der Waals surface area (Å²) in [5, 5.41) is 13.9. The molecule has 0 saturated heterocycles. The normalized spacial score (nSPS) is 11.3. The minimum absolute atomic E-state index is 0.0284. The highest BCUT2D eigenvalue weighted by atomic mass is 35.5. The number of carbonyl (C=O) groups is 3. The number of rotatable bonds is 13. The van der Waals surface area contributed by atoms with Crippen LogP contribution >= 0.6 is 23.2 Å². The fourth-order valence-electron chi connectivity index (χ4n) is 3.75. The molecule has 15 heteroatoms. The number of hydrogen-bond acceptors (Lipinski definition) is 5. The van der Waals surface area contributed by atoms with Crippen LogP contribution in [0.15, 0.2) is 71.7 Å². The number of unbranched alkanes of at least 4 members (excludes halogenated alkanes) is 2. The van der Waals surface area contributed by atoms with Gasteiger partial charge >= 0.3 is 12.1 Å². The number of hydrogen-bond donors (Lipinski definition) is 5. The highest BCUT2D eigenvalue weighted by Gasteiger charge is 2.38. The largest absolute Gasteiger partial charge is 0.490 e. The Kier molecular flexibility index (Phi) is 15.1. The van der Waals surface area contributed by atoms with Gasteiger partial charge in [0, 0.05) is 13.0 Å². The second-order valence-electron chi connectivity index (χ2n) is 9.79. The lowest BCUT2D eigenvalue weighted by Gasteiger charge is -2.19. The molecule has 0 aliphatic heterocycles. The zero-order valence-corrected chi connectivity index (χ0v) is 26.3. The Morgan fingerprint density at radius 2 is 1.54 bits per heavy atom. The van der Waals surface area contributed by atoms with E-state index in [2.05, 4.69) is 22.5 Å². The van der Waals surface area contributed by atoms with Crippen molar-refractivity contribution in [2.24, 2.45) is 16.5 Å². The molecular formula is C31H34Cl2F3N5O5. The number of carboxylic acid groups (broad SMARTS) is 1. The maximum absolute atomic E-state index is 13.2. The molecule has 0 aromatic heterocycles. The van der Waals surface area contributed by atoms with E-state index in [0.717, 1.165) is 30.4 Å². The molecule has 3 aromatic rings. The summed E-state index contributed by atoms with van der Waals surface area (Å²) >= 11 is 12.1. The molecule has 3 aromatic carbocycles. The summed E-state index contributed by atoms with van der Waals surface area (Å²) in [5.41, 5.74) is 13.8. The predicted molar refractivity (Wildman–Crippen MR) is 170 cm³/mol. The number of aliphatic imine (C=N–C) groups is 1. The molecule has 0 aliphatic carbocycles. The lowest BCUT2D eigenvalue weighted by molar-refractivity contribution is -0.192. The number of carbonyl (C=O) groups excluding carboxylic acids is 2. The van der Waals surface area contributed by atoms with E-state index in [0.29, 0.717) is 40.1 Å². The van der Waals surface area contributed by atoms with Gasteiger partial charge in [0.2, 0.25) is 11.8 Å². The van der Waals surface area contributed by atoms with Crippen molar-refractivity contribution < 1.29 is 37.4 Å². The zero-order chi connectivity index (χ0) is 34.3. The predicted octanol–water partition coefficient (Wildman–Crippen LogP) is 6.16. The Morgan fingerprint density at radius 3 is 2.09 bits per heavy atom. The van der Waals surface area contributed by atoms with Gasteiger partial charge in [0.15, 0.2) is 5.96 Å². The van der Waals surface area contributed by atoms with Gasteiger partial charge in [-0.3, -0.25) is 9.59 Å². The number of alkyl halides is 3. The van der Waals surface area contributed by atoms with Crippen molar-refractivity contribution in [1.29, 1.82) is 0 Å². The third kappa shape index (κ3) is 13.7. The lowest BCUT2D eigenvalue weighted by Crippen LogP contribution is -2.40. The van der Waals surface area contributed by atoms with E-state index in [1.807, 2.05) is 18.2 Å². The van der Waals surface area contributed by atoms with Gasteiger partial charge < -0.3 is 31.9 Å². The number of ether oxygens (including phenoxy) is 1. The molecule has 0 saturated carbocycles. The van der Waals surface area contributed by atoms with Crippen molar-refractivity contribution >= 4 is 52.6 Å². The minimum Gasteiger partial charge on any atom is -0.489 e. The molecule has 0 unspecified atom stereocenters. The topological polar surface area (TPSA) is 169 Å². The maximum atomic E-state index is 13.2. The summed E-state index contributed by atoms with van der Waals surface area (Å²) in [5.74, 6) is -2.67. The van der Waals surface area contributed by atoms with Gasteiger partial charge in [-0.1, -0.05) is 73.3 Å². The number of nitrogens with two attached hydrogens (primary N) is 2. The summed E-state index contributed by atoms with van der Waals surface area (Å²) < 4.78 is 37.6. The third-order valence-electron chi connectivity index (χ3n) is 6.08. The van der Waals surface area contributed by atoms with Crippen molar-refractivity contribution in [3.05, 3.63) is 93.5 Å². The van der Waals surface area contributed by atoms with Gasteiger partial charge in [-0.2, -0.15) is 13.2 Å². The van der Waals surface area contributed by atoms with Gasteiger partial charge in [0.05, 0.1) is 15.7 Å². The second-order valence-corrected chi connectivity index (χ2v) is 10.6. The van der Waals surface area contributed by atoms with Gasteiger partial charge in [-0.25, -0.2) is 9.79 Å². The summed E-state index contributed by atoms with van der Waals surface area (Å²) in [6.45, 7) is 2.65. The number of amides is 2. The summed E-state index contributed by atoms with van der Waals surface area (Å²) in [4.78, 5) is 38.7. The molecule has 46 heavy (non-hydrogen) atoms. The van der Waals surface area contributed by atoms with Crippen LogP contribution in [0.3, 0.4) is 0 Å². The minimum atomic E-state index is -5.08. The van der Waals surface area contributed by atoms with E-state index in [1.54, 1.807) is 48.5 Å². The molecule has 10 nitrogen and oxygen atoms in total. The molecule has 2 amide bonds. The van der Waals surface area contributed by atoms with Crippen LogP contribution in [0, 0.1) is 0 Å². The van der Waals surface area contributed by atoms with Crippen molar-refractivity contribution in [3.63, 3.8) is 0 Å². The SMILES string of the molecule is CCCCCC(=O)N[C@@H](C(=O)NCc1ccc(N=C(N)N)cc1)c1ccc(OCc2ccc(Cl)c(Cl)c2)cc1.O=C(O)C(F)(F)F. The van der Waals surface area contributed by atoms with Gasteiger partial charge in [-0.15, -0.1) is 0 Å². The van der Waals surface area contributed by atoms with E-state index in [4.69, 9.17) is 49.3 Å². The smallest absolute Gasteiger partial charge is 0.489 e. The highest BCUT2D eigenvalue weighted by Crippen LogP contribution is 2.24. The number of guanidine groups is 1. The van der Waals surface area contributed by atoms with Crippen LogP contribution in [0.5, 0.6) is 5.75 Å². The van der Waals surface area contributed by atoms with Crippen molar-refractivity contribution in [3.8, 4) is 5.75 Å². The fourth-order valence-corrected chi connectivity index (χ4v) is 4.07. The molecule has 3 rings (SSSR count). The first-order valence-corrected chi connectivity index (χ1v) is 14.7. The van der Waals surface area contributed by atoms with Crippen LogP contribution in [-0.2, 0) is 27.5 Å². The number of nitrogens with one attached hydrogen (secondary N) is 2. The first kappa shape index (κ1) is 37.7. The summed E-state index contributed by atoms with van der Waals surface area (Å²) in [6, 6.07) is 18.7. The van der Waals surface area contributed by atoms with Crippen molar-refractivity contribution in [2.45, 2.75) is 58.0 Å². The zero-order valence-electron chi connectivity index (χ0n) is 24.7. The van der Waals surface area contributed by atoms with E-state index < -0.39 is 18.2 Å². The molecule has 7 N–H and O–H groups in total. The molecule has 0 radical (unpaired) electrons. The van der Waals surface area contributed by atoms with Crippen LogP contribution in [0.4, 0.5) is 18.9 Å². The summed E-state index contributed by atoms with van der Waals surface area (Å²) in [7, 11) is 0. The number of halogens is 5. The highest BCUT2D eigenvalue weighted by molar-refractivity contribution is 6.42. The van der Waals surface area contributed by atoms with Crippen LogP contribution in [0.2, 0.25) is 10.0 Å². The summed E-state index contributed by atoms with van der Waals surface area (Å²) in [6.07, 6.45) is -2.01. The molecule has 0 aliphatic rings. The Morgan fingerprint density at radius 1 is 0.935 bits per heavy atom. The molecular weight excluding hydrogens is 650 g/mol. The lowest BCUT2D eigenvalue weighted by atomic mass is 10.0. The first-order chi connectivity index (χ1) is 21.7. The third-order valence-corrected chi connectivity index (χ3v) is 6.82. The Bertz CT molecular complexity index is 1480. The van der Waals surface area contributed by atoms with Crippen LogP contribution in [0.1, 0.15) is 55.3 Å². The van der Waals surface area contributed by atoms with Gasteiger partial charge in [0.25, 0.3) is 0 Å². The van der Waals surface area contributed by atoms with Gasteiger partial charge in [-0.05, 0) is 59.5 Å². The quantitative estimate of drug-likeness (QED) is 0.0816. The Labute approximate surface area is 273 Å². The fraction of sp³-hybridized carbons (Fsp3) is 0.290. The van der Waals surface area contributed by atoms with E-state index in [1.165, 1.54) is 0 Å². The second kappa shape index (κ2) is 18.5. The number of carboxylic acids is 1. The standard InChI is InChI=1S/C29H33Cl2N5O3.C2HF3O2/c1-2-3-4-5-26(37)36-27(28(38)34-17-19-6-11-22(12-7-19)35-29(32)33)21-9-13-23(14-10-21)39-18-20-8-15-24(30)25(31)16-20;3-2(4,5)1(6)7/h6-16,27H,2-5,17-18H2,1H3,(H,34,38)(H,36,37)(H4,32,33,35);(H,6,7)/t27-;/m1./s1. The van der Waals surface area contributed by atoms with Gasteiger partial charge in [0.1, 0.15) is 18.4 Å². The average Bonchev–Trinajstić information content (AvgIpc) is 3.00. The monoisotopic (exact) mass is 683 g/mol. The molecule has 248 valence electrons. The Balaban J connectivity index is 0.000000942. The average molecular weight is 685 g/mol. The maximum Gasteiger partial charge on any atom is 0.490 e. The Hall–Kier alpha value is -4.49. The van der Waals surface area contributed by atoms with Crippen LogP contribution < -0.4 is 26.8 Å².